The number of carboxylic acids is 1. The number of likely N-dealkylation sites (tertiary alicyclic amines) is 1. The quantitative estimate of drug-likeness (QED) is 0.620. The Labute approximate surface area is 176 Å². The molecule has 0 saturated carbocycles. The van der Waals surface area contributed by atoms with Crippen LogP contribution in [0.2, 0.25) is 0 Å². The van der Waals surface area contributed by atoms with Gasteiger partial charge in [-0.1, -0.05) is 6.92 Å². The molecule has 30 heavy (non-hydrogen) atoms. The molecule has 7 heteroatoms. The Kier molecular flexibility index (Phi) is 5.90. The van der Waals surface area contributed by atoms with Crippen molar-refractivity contribution in [1.29, 1.82) is 0 Å². The maximum atomic E-state index is 11.3. The van der Waals surface area contributed by atoms with Gasteiger partial charge in [0.05, 0.1) is 23.9 Å². The molecule has 1 aliphatic heterocycles. The van der Waals surface area contributed by atoms with E-state index in [2.05, 4.69) is 16.2 Å². The molecule has 7 nitrogen and oxygen atoms in total. The van der Waals surface area contributed by atoms with Gasteiger partial charge in [0, 0.05) is 24.0 Å². The van der Waals surface area contributed by atoms with Gasteiger partial charge in [-0.2, -0.15) is 0 Å². The molecule has 2 aromatic heterocycles. The summed E-state index contributed by atoms with van der Waals surface area (Å²) in [6, 6.07) is 11.8. The number of imidazole rings is 1. The Morgan fingerprint density at radius 2 is 1.93 bits per heavy atom. The van der Waals surface area contributed by atoms with Gasteiger partial charge < -0.3 is 20.0 Å². The van der Waals surface area contributed by atoms with Crippen molar-refractivity contribution in [3.05, 3.63) is 48.3 Å². The van der Waals surface area contributed by atoms with Crippen LogP contribution in [0.15, 0.2) is 42.6 Å². The topological polar surface area (TPSA) is 93.1 Å². The van der Waals surface area contributed by atoms with Gasteiger partial charge in [-0.3, -0.25) is 9.69 Å². The van der Waals surface area contributed by atoms with Gasteiger partial charge in [0.2, 0.25) is 0 Å². The first-order chi connectivity index (χ1) is 14.5. The lowest BCUT2D eigenvalue weighted by molar-refractivity contribution is -0.143. The third kappa shape index (κ3) is 4.26. The summed E-state index contributed by atoms with van der Waals surface area (Å²) in [5.74, 6) is -0.0802. The summed E-state index contributed by atoms with van der Waals surface area (Å²) < 4.78 is 7.75. The van der Waals surface area contributed by atoms with Crippen molar-refractivity contribution < 1.29 is 14.6 Å². The number of anilines is 1. The molecule has 158 valence electrons. The van der Waals surface area contributed by atoms with Gasteiger partial charge in [-0.15, -0.1) is 0 Å². The predicted octanol–water partition coefficient (Wildman–Crippen LogP) is 3.67. The van der Waals surface area contributed by atoms with Crippen LogP contribution in [-0.4, -0.2) is 45.1 Å². The Morgan fingerprint density at radius 1 is 1.20 bits per heavy atom. The smallest absolute Gasteiger partial charge is 0.306 e. The van der Waals surface area contributed by atoms with E-state index in [-0.39, 0.29) is 5.92 Å². The highest BCUT2D eigenvalue weighted by atomic mass is 16.5. The predicted molar refractivity (Wildman–Crippen MR) is 116 cm³/mol. The van der Waals surface area contributed by atoms with Crippen LogP contribution in [0.1, 0.15) is 31.9 Å². The van der Waals surface area contributed by atoms with Gasteiger partial charge in [0.15, 0.2) is 0 Å². The second-order valence-electron chi connectivity index (χ2n) is 7.86. The SMILES string of the molecule is CCCOc1ccc(-c2nc3ccc(N)cn3c2CN2CCC(C(=O)O)CC2)cc1. The number of carboxylic acid groups (broad SMARTS) is 1. The molecule has 0 unspecified atom stereocenters. The molecule has 0 bridgehead atoms. The first-order valence-corrected chi connectivity index (χ1v) is 10.5. The average molecular weight is 409 g/mol. The van der Waals surface area contributed by atoms with Crippen molar-refractivity contribution in [3.63, 3.8) is 0 Å². The summed E-state index contributed by atoms with van der Waals surface area (Å²) >= 11 is 0. The van der Waals surface area contributed by atoms with Gasteiger partial charge >= 0.3 is 5.97 Å². The molecule has 1 aromatic carbocycles. The molecule has 0 spiro atoms. The molecular formula is C23H28N4O3. The highest BCUT2D eigenvalue weighted by molar-refractivity contribution is 5.70. The summed E-state index contributed by atoms with van der Waals surface area (Å²) in [7, 11) is 0. The highest BCUT2D eigenvalue weighted by Gasteiger charge is 2.26. The van der Waals surface area contributed by atoms with E-state index in [1.54, 1.807) is 0 Å². The Bertz CT molecular complexity index is 1020. The maximum absolute atomic E-state index is 11.3. The monoisotopic (exact) mass is 408 g/mol. The molecule has 1 fully saturated rings. The first kappa shape index (κ1) is 20.2. The molecule has 1 aliphatic rings. The minimum atomic E-state index is -0.691. The van der Waals surface area contributed by atoms with Crippen LogP contribution in [0, 0.1) is 5.92 Å². The second-order valence-corrected chi connectivity index (χ2v) is 7.86. The number of nitrogens with zero attached hydrogens (tertiary/aromatic N) is 3. The summed E-state index contributed by atoms with van der Waals surface area (Å²) in [5, 5.41) is 9.27. The van der Waals surface area contributed by atoms with Crippen molar-refractivity contribution in [2.24, 2.45) is 5.92 Å². The fraction of sp³-hybridized carbons (Fsp3) is 0.391. The zero-order valence-corrected chi connectivity index (χ0v) is 17.3. The number of hydrogen-bond donors (Lipinski definition) is 2. The van der Waals surface area contributed by atoms with Crippen LogP contribution < -0.4 is 10.5 Å². The molecule has 0 aliphatic carbocycles. The van der Waals surface area contributed by atoms with Gasteiger partial charge in [0.25, 0.3) is 0 Å². The number of fused-ring (bicyclic) bond motifs is 1. The average Bonchev–Trinajstić information content (AvgIpc) is 3.10. The van der Waals surface area contributed by atoms with E-state index in [4.69, 9.17) is 15.5 Å². The molecule has 0 atom stereocenters. The van der Waals surface area contributed by atoms with E-state index in [1.165, 1.54) is 0 Å². The first-order valence-electron chi connectivity index (χ1n) is 10.5. The van der Waals surface area contributed by atoms with Crippen LogP contribution in [-0.2, 0) is 11.3 Å². The zero-order valence-electron chi connectivity index (χ0n) is 17.3. The van der Waals surface area contributed by atoms with E-state index >= 15 is 0 Å². The number of aliphatic carboxylic acids is 1. The van der Waals surface area contributed by atoms with E-state index in [0.717, 1.165) is 47.9 Å². The number of aromatic nitrogens is 2. The van der Waals surface area contributed by atoms with Crippen molar-refractivity contribution >= 4 is 17.3 Å². The van der Waals surface area contributed by atoms with Gasteiger partial charge in [0.1, 0.15) is 11.4 Å². The molecule has 3 heterocycles. The van der Waals surface area contributed by atoms with Crippen molar-refractivity contribution in [3.8, 4) is 17.0 Å². The molecule has 0 amide bonds. The number of nitrogens with two attached hydrogens (primary N) is 1. The highest BCUT2D eigenvalue weighted by Crippen LogP contribution is 2.29. The molecule has 0 radical (unpaired) electrons. The van der Waals surface area contributed by atoms with E-state index in [9.17, 15) is 9.90 Å². The Balaban J connectivity index is 1.64. The number of benzene rings is 1. The number of carbonyl (C=O) groups is 1. The minimum Gasteiger partial charge on any atom is -0.494 e. The lowest BCUT2D eigenvalue weighted by atomic mass is 9.97. The van der Waals surface area contributed by atoms with Crippen LogP contribution in [0.25, 0.3) is 16.9 Å². The Hall–Kier alpha value is -3.06. The minimum absolute atomic E-state index is 0.241. The fourth-order valence-corrected chi connectivity index (χ4v) is 3.97. The normalized spacial score (nSPS) is 15.5. The summed E-state index contributed by atoms with van der Waals surface area (Å²) in [5.41, 5.74) is 10.6. The Morgan fingerprint density at radius 3 is 2.60 bits per heavy atom. The largest absolute Gasteiger partial charge is 0.494 e. The standard InChI is InChI=1S/C23H28N4O3/c1-2-13-30-19-6-3-16(4-7-19)22-20(27-14-18(24)5-8-21(27)25-22)15-26-11-9-17(10-12-26)23(28)29/h3-8,14,17H,2,9-13,15,24H2,1H3,(H,28,29). The summed E-state index contributed by atoms with van der Waals surface area (Å²) in [6.45, 7) is 5.00. The number of pyridine rings is 1. The number of rotatable bonds is 7. The van der Waals surface area contributed by atoms with Crippen molar-refractivity contribution in [2.45, 2.75) is 32.7 Å². The summed E-state index contributed by atoms with van der Waals surface area (Å²) in [6.07, 6.45) is 4.22. The van der Waals surface area contributed by atoms with Gasteiger partial charge in [-0.25, -0.2) is 4.98 Å². The number of piperidine rings is 1. The molecule has 1 saturated heterocycles. The fourth-order valence-electron chi connectivity index (χ4n) is 3.97. The third-order valence-corrected chi connectivity index (χ3v) is 5.65. The van der Waals surface area contributed by atoms with Crippen LogP contribution >= 0.6 is 0 Å². The summed E-state index contributed by atoms with van der Waals surface area (Å²) in [4.78, 5) is 18.4. The van der Waals surface area contributed by atoms with Crippen molar-refractivity contribution in [2.75, 3.05) is 25.4 Å². The van der Waals surface area contributed by atoms with Crippen LogP contribution in [0.5, 0.6) is 5.75 Å². The molecule has 4 rings (SSSR count). The lowest BCUT2D eigenvalue weighted by Crippen LogP contribution is -2.36. The lowest BCUT2D eigenvalue weighted by Gasteiger charge is -2.30. The van der Waals surface area contributed by atoms with Crippen LogP contribution in [0.3, 0.4) is 0 Å². The molecule has 3 aromatic rings. The zero-order chi connectivity index (χ0) is 21.1. The van der Waals surface area contributed by atoms with Gasteiger partial charge in [-0.05, 0) is 68.8 Å². The third-order valence-electron chi connectivity index (χ3n) is 5.65. The van der Waals surface area contributed by atoms with E-state index in [0.29, 0.717) is 31.7 Å². The van der Waals surface area contributed by atoms with Crippen LogP contribution in [0.4, 0.5) is 5.69 Å². The number of hydrogen-bond acceptors (Lipinski definition) is 5. The number of ether oxygens (including phenoxy) is 1. The second kappa shape index (κ2) is 8.75. The number of nitrogen functional groups attached to an aromatic ring is 1. The van der Waals surface area contributed by atoms with Crippen molar-refractivity contribution in [1.82, 2.24) is 14.3 Å². The maximum Gasteiger partial charge on any atom is 0.306 e. The van der Waals surface area contributed by atoms with E-state index in [1.807, 2.05) is 42.6 Å². The molecular weight excluding hydrogens is 380 g/mol. The van der Waals surface area contributed by atoms with E-state index < -0.39 is 5.97 Å². The molecule has 3 N–H and O–H groups in total.